The smallest absolute Gasteiger partial charge is 0.197 e. The first kappa shape index (κ1) is 16.0. The molecule has 0 bridgehead atoms. The van der Waals surface area contributed by atoms with Gasteiger partial charge in [-0.25, -0.2) is 0 Å². The molecule has 0 spiro atoms. The van der Waals surface area contributed by atoms with Crippen LogP contribution in [0.25, 0.3) is 0 Å². The molecule has 0 saturated heterocycles. The normalized spacial score (nSPS) is 12.7. The third kappa shape index (κ3) is 3.92. The molecule has 118 valence electrons. The first-order valence-electron chi connectivity index (χ1n) is 7.58. The number of benzene rings is 3. The summed E-state index contributed by atoms with van der Waals surface area (Å²) in [5.41, 5.74) is 1.72. The van der Waals surface area contributed by atoms with Crippen molar-refractivity contribution in [2.45, 2.75) is 10.6 Å². The molecule has 0 radical (unpaired) electrons. The van der Waals surface area contributed by atoms with Gasteiger partial charge in [0.25, 0.3) is 0 Å². The van der Waals surface area contributed by atoms with Gasteiger partial charge < -0.3 is 5.11 Å². The lowest BCUT2D eigenvalue weighted by Crippen LogP contribution is -2.11. The summed E-state index contributed by atoms with van der Waals surface area (Å²) in [5.74, 6) is 3.55. The second-order valence-electron chi connectivity index (χ2n) is 5.39. The first-order valence-corrected chi connectivity index (χ1v) is 9.31. The number of hydrogen-bond acceptors (Lipinski definition) is 2. The Morgan fingerprint density at radius 3 is 2.00 bits per heavy atom. The SMILES string of the molecule is O=[S+](C#Cc1ccccc1)(Cc1ccc(O)cc1)c1ccccc1. The molecular formula is C21H17O2S+. The van der Waals surface area contributed by atoms with E-state index in [2.05, 4.69) is 11.2 Å². The van der Waals surface area contributed by atoms with Crippen LogP contribution in [0.4, 0.5) is 0 Å². The molecule has 0 aliphatic heterocycles. The molecule has 0 aromatic heterocycles. The molecule has 0 amide bonds. The monoisotopic (exact) mass is 333 g/mol. The summed E-state index contributed by atoms with van der Waals surface area (Å²) < 4.78 is 13.6. The van der Waals surface area contributed by atoms with Gasteiger partial charge in [0.1, 0.15) is 5.75 Å². The molecule has 2 nitrogen and oxygen atoms in total. The van der Waals surface area contributed by atoms with Gasteiger partial charge in [-0.2, -0.15) is 0 Å². The van der Waals surface area contributed by atoms with Crippen LogP contribution < -0.4 is 0 Å². The van der Waals surface area contributed by atoms with Crippen molar-refractivity contribution >= 4 is 9.93 Å². The fraction of sp³-hybridized carbons (Fsp3) is 0.0476. The molecule has 0 heterocycles. The summed E-state index contributed by atoms with van der Waals surface area (Å²) in [6.45, 7) is 0. The Morgan fingerprint density at radius 1 is 0.792 bits per heavy atom. The van der Waals surface area contributed by atoms with E-state index in [0.29, 0.717) is 5.75 Å². The van der Waals surface area contributed by atoms with Crippen LogP contribution >= 0.6 is 0 Å². The highest BCUT2D eigenvalue weighted by Crippen LogP contribution is 2.25. The van der Waals surface area contributed by atoms with Crippen molar-refractivity contribution in [3.8, 4) is 16.9 Å². The Labute approximate surface area is 143 Å². The van der Waals surface area contributed by atoms with Gasteiger partial charge in [-0.15, -0.1) is 0 Å². The average Bonchev–Trinajstić information content (AvgIpc) is 2.64. The number of hydrogen-bond donors (Lipinski definition) is 1. The highest BCUT2D eigenvalue weighted by atomic mass is 32.2. The third-order valence-electron chi connectivity index (χ3n) is 3.56. The molecule has 0 aliphatic carbocycles. The van der Waals surface area contributed by atoms with E-state index in [0.717, 1.165) is 16.0 Å². The van der Waals surface area contributed by atoms with Gasteiger partial charge in [0.05, 0.1) is 0 Å². The van der Waals surface area contributed by atoms with Crippen molar-refractivity contribution < 1.29 is 9.32 Å². The van der Waals surface area contributed by atoms with Gasteiger partial charge in [-0.05, 0) is 42.3 Å². The second kappa shape index (κ2) is 7.16. The third-order valence-corrected chi connectivity index (χ3v) is 5.77. The minimum absolute atomic E-state index is 0.195. The van der Waals surface area contributed by atoms with E-state index >= 15 is 0 Å². The lowest BCUT2D eigenvalue weighted by atomic mass is 10.2. The van der Waals surface area contributed by atoms with Crippen LogP contribution in [0.3, 0.4) is 0 Å². The zero-order valence-electron chi connectivity index (χ0n) is 13.1. The van der Waals surface area contributed by atoms with Crippen LogP contribution in [0.1, 0.15) is 11.1 Å². The van der Waals surface area contributed by atoms with E-state index in [1.165, 1.54) is 0 Å². The van der Waals surface area contributed by atoms with E-state index in [9.17, 15) is 9.32 Å². The minimum atomic E-state index is -2.57. The van der Waals surface area contributed by atoms with Gasteiger partial charge in [0, 0.05) is 11.1 Å². The van der Waals surface area contributed by atoms with E-state index < -0.39 is 9.93 Å². The predicted octanol–water partition coefficient (Wildman–Crippen LogP) is 4.46. The fourth-order valence-corrected chi connectivity index (χ4v) is 4.21. The van der Waals surface area contributed by atoms with Gasteiger partial charge in [0.2, 0.25) is 0 Å². The summed E-state index contributed by atoms with van der Waals surface area (Å²) in [4.78, 5) is 0.724. The molecule has 3 aromatic carbocycles. The summed E-state index contributed by atoms with van der Waals surface area (Å²) in [5, 5.41) is 12.4. The van der Waals surface area contributed by atoms with E-state index in [-0.39, 0.29) is 5.75 Å². The summed E-state index contributed by atoms with van der Waals surface area (Å²) in [6.07, 6.45) is 0. The Hall–Kier alpha value is -2.83. The maximum absolute atomic E-state index is 13.6. The number of aromatic hydroxyl groups is 1. The number of phenolic OH excluding ortho intramolecular Hbond substituents is 1. The van der Waals surface area contributed by atoms with Crippen LogP contribution in [0.2, 0.25) is 0 Å². The Bertz CT molecular complexity index is 905. The highest BCUT2D eigenvalue weighted by Gasteiger charge is 2.30. The fourth-order valence-electron chi connectivity index (χ4n) is 2.31. The van der Waals surface area contributed by atoms with Crippen LogP contribution in [0.5, 0.6) is 5.75 Å². The Morgan fingerprint density at radius 2 is 1.38 bits per heavy atom. The van der Waals surface area contributed by atoms with Gasteiger partial charge in [0.15, 0.2) is 25.8 Å². The van der Waals surface area contributed by atoms with E-state index in [1.807, 2.05) is 60.7 Å². The summed E-state index contributed by atoms with van der Waals surface area (Å²) in [7, 11) is -2.57. The van der Waals surface area contributed by atoms with E-state index in [1.54, 1.807) is 24.3 Å². The number of rotatable bonds is 3. The highest BCUT2D eigenvalue weighted by molar-refractivity contribution is 8.06. The van der Waals surface area contributed by atoms with Crippen molar-refractivity contribution in [3.05, 3.63) is 96.1 Å². The zero-order chi connectivity index (χ0) is 16.8. The number of phenols is 1. The predicted molar refractivity (Wildman–Crippen MR) is 97.9 cm³/mol. The van der Waals surface area contributed by atoms with Gasteiger partial charge in [-0.1, -0.05) is 52.7 Å². The first-order chi connectivity index (χ1) is 11.7. The Kier molecular flexibility index (Phi) is 4.79. The van der Waals surface area contributed by atoms with Gasteiger partial charge >= 0.3 is 0 Å². The quantitative estimate of drug-likeness (QED) is 0.567. The maximum atomic E-state index is 13.6. The summed E-state index contributed by atoms with van der Waals surface area (Å²) in [6, 6.07) is 25.7. The maximum Gasteiger partial charge on any atom is 0.197 e. The van der Waals surface area contributed by atoms with Crippen molar-refractivity contribution in [1.82, 2.24) is 0 Å². The molecule has 1 unspecified atom stereocenters. The van der Waals surface area contributed by atoms with Crippen LogP contribution in [0.15, 0.2) is 89.8 Å². The lowest BCUT2D eigenvalue weighted by Gasteiger charge is -2.05. The van der Waals surface area contributed by atoms with Crippen LogP contribution in [-0.4, -0.2) is 5.11 Å². The molecule has 1 N–H and O–H groups in total. The summed E-state index contributed by atoms with van der Waals surface area (Å²) >= 11 is 0. The van der Waals surface area contributed by atoms with Crippen LogP contribution in [0, 0.1) is 11.2 Å². The second-order valence-corrected chi connectivity index (χ2v) is 7.71. The molecule has 24 heavy (non-hydrogen) atoms. The molecule has 3 heteroatoms. The molecule has 1 atom stereocenters. The van der Waals surface area contributed by atoms with Crippen LogP contribution in [-0.2, 0) is 19.9 Å². The molecule has 3 rings (SSSR count). The largest absolute Gasteiger partial charge is 0.508 e. The molecule has 0 aliphatic rings. The Balaban J connectivity index is 2.00. The molecular weight excluding hydrogens is 316 g/mol. The van der Waals surface area contributed by atoms with Crippen molar-refractivity contribution in [1.29, 1.82) is 0 Å². The van der Waals surface area contributed by atoms with Crippen molar-refractivity contribution in [2.24, 2.45) is 0 Å². The zero-order valence-corrected chi connectivity index (χ0v) is 13.9. The lowest BCUT2D eigenvalue weighted by molar-refractivity contribution is 0.475. The molecule has 0 saturated carbocycles. The molecule has 3 aromatic rings. The topological polar surface area (TPSA) is 37.3 Å². The van der Waals surface area contributed by atoms with Crippen molar-refractivity contribution in [2.75, 3.05) is 0 Å². The van der Waals surface area contributed by atoms with Crippen molar-refractivity contribution in [3.63, 3.8) is 0 Å². The molecule has 0 fully saturated rings. The standard InChI is InChI=1S/C21H16O2S/c22-20-13-11-19(12-14-20)17-24(23,21-9-5-2-6-10-21)16-15-18-7-3-1-4-8-18/h1-14H,17H2/p+1. The minimum Gasteiger partial charge on any atom is -0.508 e. The van der Waals surface area contributed by atoms with Gasteiger partial charge in [-0.3, -0.25) is 0 Å². The van der Waals surface area contributed by atoms with E-state index in [4.69, 9.17) is 0 Å². The average molecular weight is 333 g/mol.